The molecule has 0 aliphatic carbocycles. The maximum atomic E-state index is 13.7. The fraction of sp³-hybridized carbons (Fsp3) is 0.400. The number of amides is 2. The maximum absolute atomic E-state index is 13.7. The predicted octanol–water partition coefficient (Wildman–Crippen LogP) is 1.73. The van der Waals surface area contributed by atoms with Crippen LogP contribution in [-0.2, 0) is 11.8 Å². The second kappa shape index (κ2) is 6.49. The number of aromatic nitrogens is 1. The monoisotopic (exact) mass is 370 g/mol. The van der Waals surface area contributed by atoms with Gasteiger partial charge in [-0.25, -0.2) is 4.39 Å². The first-order chi connectivity index (χ1) is 12.9. The fourth-order valence-corrected chi connectivity index (χ4v) is 4.15. The van der Waals surface area contributed by atoms with Crippen LogP contribution in [0.15, 0.2) is 42.6 Å². The molecule has 7 heteroatoms. The number of hydrogen-bond donors (Lipinski definition) is 0. The molecule has 0 radical (unpaired) electrons. The quantitative estimate of drug-likeness (QED) is 0.809. The Kier molecular flexibility index (Phi) is 4.26. The van der Waals surface area contributed by atoms with E-state index < -0.39 is 0 Å². The molecule has 2 saturated heterocycles. The largest absolute Gasteiger partial charge is 0.347 e. The van der Waals surface area contributed by atoms with E-state index in [0.717, 1.165) is 6.42 Å². The number of halogens is 1. The number of likely N-dealkylation sites (N-methyl/N-ethyl adjacent to an activating group) is 1. The van der Waals surface area contributed by atoms with E-state index in [1.165, 1.54) is 12.1 Å². The van der Waals surface area contributed by atoms with Gasteiger partial charge in [0, 0.05) is 38.6 Å². The van der Waals surface area contributed by atoms with Gasteiger partial charge < -0.3 is 14.4 Å². The summed E-state index contributed by atoms with van der Waals surface area (Å²) in [6, 6.07) is 9.80. The Labute approximate surface area is 157 Å². The normalized spacial score (nSPS) is 23.4. The summed E-state index contributed by atoms with van der Waals surface area (Å²) in [6.07, 6.45) is 2.63. The molecule has 1 aromatic carbocycles. The van der Waals surface area contributed by atoms with Crippen molar-refractivity contribution in [3.63, 3.8) is 0 Å². The molecule has 6 nitrogen and oxygen atoms in total. The minimum absolute atomic E-state index is 0.00183. The van der Waals surface area contributed by atoms with Crippen LogP contribution in [-0.4, -0.2) is 64.9 Å². The summed E-state index contributed by atoms with van der Waals surface area (Å²) in [6.45, 7) is 1.89. The molecule has 4 rings (SSSR count). The summed E-state index contributed by atoms with van der Waals surface area (Å²) < 4.78 is 15.5. The number of rotatable bonds is 2. The van der Waals surface area contributed by atoms with Crippen molar-refractivity contribution in [3.05, 3.63) is 54.1 Å². The summed E-state index contributed by atoms with van der Waals surface area (Å²) >= 11 is 0. The first-order valence-electron chi connectivity index (χ1n) is 9.07. The standard InChI is InChI=1S/C20H23FN4O2/c1-22-9-4-7-17(22)19(27)24-10-8-20(13-24)14-25(18(26)12-23(20)2)16-6-3-5-15(21)11-16/h3-7,9,11H,8,10,12-14H2,1-2H3/t20-/m1/s1. The van der Waals surface area contributed by atoms with E-state index in [1.54, 1.807) is 17.0 Å². The molecule has 0 N–H and O–H groups in total. The Morgan fingerprint density at radius 3 is 2.67 bits per heavy atom. The lowest BCUT2D eigenvalue weighted by molar-refractivity contribution is -0.123. The van der Waals surface area contributed by atoms with Gasteiger partial charge >= 0.3 is 0 Å². The molecule has 3 heterocycles. The van der Waals surface area contributed by atoms with Crippen LogP contribution < -0.4 is 4.90 Å². The zero-order valence-electron chi connectivity index (χ0n) is 15.6. The number of benzene rings is 1. The van der Waals surface area contributed by atoms with Crippen molar-refractivity contribution in [1.29, 1.82) is 0 Å². The average Bonchev–Trinajstić information content (AvgIpc) is 3.25. The maximum Gasteiger partial charge on any atom is 0.270 e. The first kappa shape index (κ1) is 17.7. The Balaban J connectivity index is 1.58. The number of likely N-dealkylation sites (tertiary alicyclic amines) is 1. The third kappa shape index (κ3) is 3.02. The van der Waals surface area contributed by atoms with Crippen molar-refractivity contribution in [2.75, 3.05) is 38.1 Å². The average molecular weight is 370 g/mol. The van der Waals surface area contributed by atoms with Crippen molar-refractivity contribution < 1.29 is 14.0 Å². The highest BCUT2D eigenvalue weighted by atomic mass is 19.1. The van der Waals surface area contributed by atoms with Crippen LogP contribution in [0, 0.1) is 5.82 Å². The highest BCUT2D eigenvalue weighted by molar-refractivity contribution is 5.96. The summed E-state index contributed by atoms with van der Waals surface area (Å²) in [5, 5.41) is 0. The van der Waals surface area contributed by atoms with Crippen molar-refractivity contribution >= 4 is 17.5 Å². The molecule has 2 aliphatic rings. The van der Waals surface area contributed by atoms with Crippen LogP contribution in [0.3, 0.4) is 0 Å². The number of carbonyl (C=O) groups is 2. The topological polar surface area (TPSA) is 48.8 Å². The molecule has 0 saturated carbocycles. The fourth-order valence-electron chi connectivity index (χ4n) is 4.15. The zero-order valence-corrected chi connectivity index (χ0v) is 15.6. The summed E-state index contributed by atoms with van der Waals surface area (Å²) in [4.78, 5) is 31.0. The number of nitrogens with zero attached hydrogens (tertiary/aromatic N) is 4. The van der Waals surface area contributed by atoms with Gasteiger partial charge in [-0.2, -0.15) is 0 Å². The highest BCUT2D eigenvalue weighted by Crippen LogP contribution is 2.34. The molecule has 1 atom stereocenters. The van der Waals surface area contributed by atoms with Crippen LogP contribution in [0.1, 0.15) is 16.9 Å². The van der Waals surface area contributed by atoms with Crippen molar-refractivity contribution in [2.45, 2.75) is 12.0 Å². The molecule has 2 aromatic rings. The lowest BCUT2D eigenvalue weighted by Crippen LogP contribution is -2.64. The highest BCUT2D eigenvalue weighted by Gasteiger charge is 2.48. The van der Waals surface area contributed by atoms with E-state index >= 15 is 0 Å². The van der Waals surface area contributed by atoms with Gasteiger partial charge in [-0.15, -0.1) is 0 Å². The summed E-state index contributed by atoms with van der Waals surface area (Å²) in [5.74, 6) is -0.414. The van der Waals surface area contributed by atoms with E-state index in [0.29, 0.717) is 31.0 Å². The molecule has 27 heavy (non-hydrogen) atoms. The molecule has 1 spiro atoms. The minimum atomic E-state index is -0.361. The molecule has 1 aromatic heterocycles. The summed E-state index contributed by atoms with van der Waals surface area (Å²) in [7, 11) is 3.79. The smallest absolute Gasteiger partial charge is 0.270 e. The van der Waals surface area contributed by atoms with Gasteiger partial charge in [-0.05, 0) is 43.8 Å². The SMILES string of the molecule is CN1CC(=O)N(c2cccc(F)c2)C[C@]12CCN(C(=O)c1cccn1C)C2. The number of carbonyl (C=O) groups excluding carboxylic acids is 2. The molecule has 0 unspecified atom stereocenters. The van der Waals surface area contributed by atoms with E-state index in [-0.39, 0.29) is 29.7 Å². The lowest BCUT2D eigenvalue weighted by atomic mass is 9.92. The molecule has 0 bridgehead atoms. The van der Waals surface area contributed by atoms with Crippen molar-refractivity contribution in [2.24, 2.45) is 7.05 Å². The van der Waals surface area contributed by atoms with Gasteiger partial charge in [-0.1, -0.05) is 6.07 Å². The Morgan fingerprint density at radius 1 is 1.15 bits per heavy atom. The van der Waals surface area contributed by atoms with Gasteiger partial charge in [0.05, 0.1) is 12.1 Å². The molecular weight excluding hydrogens is 347 g/mol. The van der Waals surface area contributed by atoms with Gasteiger partial charge in [0.2, 0.25) is 5.91 Å². The Morgan fingerprint density at radius 2 is 1.96 bits per heavy atom. The van der Waals surface area contributed by atoms with E-state index in [9.17, 15) is 14.0 Å². The number of piperazine rings is 1. The van der Waals surface area contributed by atoms with Crippen LogP contribution in [0.4, 0.5) is 10.1 Å². The lowest BCUT2D eigenvalue weighted by Gasteiger charge is -2.46. The van der Waals surface area contributed by atoms with Crippen LogP contribution >= 0.6 is 0 Å². The predicted molar refractivity (Wildman–Crippen MR) is 100 cm³/mol. The zero-order chi connectivity index (χ0) is 19.2. The van der Waals surface area contributed by atoms with E-state index in [1.807, 2.05) is 46.8 Å². The van der Waals surface area contributed by atoms with Gasteiger partial charge in [0.1, 0.15) is 11.5 Å². The first-order valence-corrected chi connectivity index (χ1v) is 9.07. The molecule has 2 aliphatic heterocycles. The molecule has 142 valence electrons. The molecular formula is C20H23FN4O2. The second-order valence-electron chi connectivity index (χ2n) is 7.52. The minimum Gasteiger partial charge on any atom is -0.347 e. The number of anilines is 1. The van der Waals surface area contributed by atoms with Crippen LogP contribution in [0.5, 0.6) is 0 Å². The van der Waals surface area contributed by atoms with E-state index in [4.69, 9.17) is 0 Å². The molecule has 2 fully saturated rings. The van der Waals surface area contributed by atoms with Gasteiger partial charge in [-0.3, -0.25) is 14.5 Å². The van der Waals surface area contributed by atoms with Crippen LogP contribution in [0.25, 0.3) is 0 Å². The van der Waals surface area contributed by atoms with Crippen molar-refractivity contribution in [1.82, 2.24) is 14.4 Å². The van der Waals surface area contributed by atoms with Crippen molar-refractivity contribution in [3.8, 4) is 0 Å². The van der Waals surface area contributed by atoms with Gasteiger partial charge in [0.15, 0.2) is 0 Å². The Bertz CT molecular complexity index is 896. The number of hydrogen-bond acceptors (Lipinski definition) is 3. The Hall–Kier alpha value is -2.67. The third-order valence-electron chi connectivity index (χ3n) is 5.84. The van der Waals surface area contributed by atoms with E-state index in [2.05, 4.69) is 0 Å². The summed E-state index contributed by atoms with van der Waals surface area (Å²) in [5.41, 5.74) is 0.907. The van der Waals surface area contributed by atoms with Crippen LogP contribution in [0.2, 0.25) is 0 Å². The number of aryl methyl sites for hydroxylation is 1. The molecule has 2 amide bonds. The third-order valence-corrected chi connectivity index (χ3v) is 5.84. The van der Waals surface area contributed by atoms with Gasteiger partial charge in [0.25, 0.3) is 5.91 Å². The second-order valence-corrected chi connectivity index (χ2v) is 7.52.